The van der Waals surface area contributed by atoms with E-state index in [4.69, 9.17) is 5.73 Å². The minimum atomic E-state index is -0.130. The highest BCUT2D eigenvalue weighted by atomic mass is 32.2. The van der Waals surface area contributed by atoms with E-state index >= 15 is 0 Å². The molecule has 0 bridgehead atoms. The molecule has 72 valence electrons. The van der Waals surface area contributed by atoms with Gasteiger partial charge in [0.2, 0.25) is 5.91 Å². The Morgan fingerprint density at radius 2 is 2.07 bits per heavy atom. The number of hydrogen-bond donors (Lipinski definition) is 1. The Balaban J connectivity index is 2.22. The van der Waals surface area contributed by atoms with E-state index < -0.39 is 0 Å². The van der Waals surface area contributed by atoms with Crippen molar-refractivity contribution >= 4 is 22.8 Å². The Morgan fingerprint density at radius 3 is 2.71 bits per heavy atom. The van der Waals surface area contributed by atoms with Gasteiger partial charge in [-0.1, -0.05) is 42.1 Å². The zero-order chi connectivity index (χ0) is 9.97. The van der Waals surface area contributed by atoms with Crippen LogP contribution in [0, 0.1) is 0 Å². The molecule has 1 atom stereocenters. The molecule has 1 unspecified atom stereocenters. The summed E-state index contributed by atoms with van der Waals surface area (Å²) in [5.74, 6) is -0.130. The van der Waals surface area contributed by atoms with Gasteiger partial charge < -0.3 is 5.73 Å². The van der Waals surface area contributed by atoms with Crippen molar-refractivity contribution in [2.75, 3.05) is 0 Å². The van der Waals surface area contributed by atoms with Crippen LogP contribution in [0.5, 0.6) is 0 Å². The summed E-state index contributed by atoms with van der Waals surface area (Å²) in [5.41, 5.74) is 6.67. The van der Waals surface area contributed by atoms with Crippen molar-refractivity contribution in [3.05, 3.63) is 35.9 Å². The van der Waals surface area contributed by atoms with Gasteiger partial charge in [-0.2, -0.15) is 4.99 Å². The summed E-state index contributed by atoms with van der Waals surface area (Å²) in [6.45, 7) is 0. The van der Waals surface area contributed by atoms with Crippen molar-refractivity contribution in [2.45, 2.75) is 11.7 Å². The molecule has 1 aromatic rings. The van der Waals surface area contributed by atoms with E-state index in [2.05, 4.69) is 4.99 Å². The van der Waals surface area contributed by atoms with E-state index in [0.717, 1.165) is 5.56 Å². The molecule has 3 nitrogen and oxygen atoms in total. The van der Waals surface area contributed by atoms with Crippen molar-refractivity contribution < 1.29 is 4.79 Å². The number of benzene rings is 1. The Kier molecular flexibility index (Phi) is 2.54. The van der Waals surface area contributed by atoms with Gasteiger partial charge >= 0.3 is 0 Å². The molecule has 1 amide bonds. The molecule has 1 heterocycles. The third-order valence-corrected chi connectivity index (χ3v) is 3.09. The topological polar surface area (TPSA) is 55.4 Å². The predicted octanol–water partition coefficient (Wildman–Crippen LogP) is 1.71. The highest BCUT2D eigenvalue weighted by molar-refractivity contribution is 8.14. The molecule has 14 heavy (non-hydrogen) atoms. The number of aliphatic imine (C=N–C) groups is 1. The Hall–Kier alpha value is -1.29. The lowest BCUT2D eigenvalue weighted by atomic mass is 10.1. The maximum Gasteiger partial charge on any atom is 0.249 e. The third-order valence-electron chi connectivity index (χ3n) is 2.03. The van der Waals surface area contributed by atoms with Crippen LogP contribution in [0.15, 0.2) is 35.3 Å². The van der Waals surface area contributed by atoms with Crippen molar-refractivity contribution in [1.29, 1.82) is 0 Å². The summed E-state index contributed by atoms with van der Waals surface area (Å²) < 4.78 is 0. The first-order chi connectivity index (χ1) is 6.75. The summed E-state index contributed by atoms with van der Waals surface area (Å²) >= 11 is 1.45. The number of nitrogens with two attached hydrogens (primary N) is 1. The smallest absolute Gasteiger partial charge is 0.249 e. The van der Waals surface area contributed by atoms with E-state index in [0.29, 0.717) is 11.6 Å². The monoisotopic (exact) mass is 206 g/mol. The van der Waals surface area contributed by atoms with E-state index in [1.807, 2.05) is 30.3 Å². The molecular formula is C10H10N2OS. The molecule has 0 saturated carbocycles. The van der Waals surface area contributed by atoms with Crippen molar-refractivity contribution in [3.63, 3.8) is 0 Å². The number of rotatable bonds is 1. The number of carbonyl (C=O) groups excluding carboxylic acids is 1. The number of amides is 1. The van der Waals surface area contributed by atoms with Gasteiger partial charge in [0, 0.05) is 11.7 Å². The van der Waals surface area contributed by atoms with E-state index in [1.165, 1.54) is 11.8 Å². The minimum Gasteiger partial charge on any atom is -0.378 e. The standard InChI is InChI=1S/C10H10N2OS/c11-10-12-9(13)6-8(14-10)7-4-2-1-3-5-7/h1-5,8H,6H2,(H2,11,12,13). The normalized spacial score (nSPS) is 21.9. The molecule has 1 aromatic carbocycles. The van der Waals surface area contributed by atoms with Crippen LogP contribution in [-0.2, 0) is 4.79 Å². The molecule has 0 saturated heterocycles. The fourth-order valence-corrected chi connectivity index (χ4v) is 2.36. The lowest BCUT2D eigenvalue weighted by Crippen LogP contribution is -2.19. The van der Waals surface area contributed by atoms with Gasteiger partial charge in [-0.25, -0.2) is 0 Å². The summed E-state index contributed by atoms with van der Waals surface area (Å²) in [7, 11) is 0. The molecule has 1 aliphatic rings. The fourth-order valence-electron chi connectivity index (χ4n) is 1.39. The summed E-state index contributed by atoms with van der Waals surface area (Å²) in [6.07, 6.45) is 0.440. The number of carbonyl (C=O) groups is 1. The van der Waals surface area contributed by atoms with Crippen molar-refractivity contribution in [1.82, 2.24) is 0 Å². The van der Waals surface area contributed by atoms with E-state index in [-0.39, 0.29) is 11.2 Å². The molecule has 4 heteroatoms. The second-order valence-corrected chi connectivity index (χ2v) is 4.29. The van der Waals surface area contributed by atoms with Crippen LogP contribution in [0.1, 0.15) is 17.2 Å². The maximum atomic E-state index is 11.2. The van der Waals surface area contributed by atoms with Crippen molar-refractivity contribution in [3.8, 4) is 0 Å². The first-order valence-corrected chi connectivity index (χ1v) is 5.22. The Labute approximate surface area is 86.4 Å². The minimum absolute atomic E-state index is 0.126. The highest BCUT2D eigenvalue weighted by Crippen LogP contribution is 2.34. The molecule has 0 spiro atoms. The van der Waals surface area contributed by atoms with Crippen LogP contribution in [0.3, 0.4) is 0 Å². The highest BCUT2D eigenvalue weighted by Gasteiger charge is 2.22. The first kappa shape index (κ1) is 9.27. The average Bonchev–Trinajstić information content (AvgIpc) is 2.18. The Bertz CT molecular complexity index is 375. The van der Waals surface area contributed by atoms with Gasteiger partial charge in [0.1, 0.15) is 0 Å². The van der Waals surface area contributed by atoms with Crippen LogP contribution in [-0.4, -0.2) is 11.1 Å². The Morgan fingerprint density at radius 1 is 1.36 bits per heavy atom. The predicted molar refractivity (Wildman–Crippen MR) is 58.0 cm³/mol. The second-order valence-electron chi connectivity index (χ2n) is 3.07. The first-order valence-electron chi connectivity index (χ1n) is 4.34. The molecule has 0 fully saturated rings. The maximum absolute atomic E-state index is 11.2. The lowest BCUT2D eigenvalue weighted by molar-refractivity contribution is -0.117. The quantitative estimate of drug-likeness (QED) is 0.761. The SMILES string of the molecule is NC1=NC(=O)CC(c2ccccc2)S1. The molecule has 2 rings (SSSR count). The molecule has 0 aliphatic carbocycles. The zero-order valence-corrected chi connectivity index (χ0v) is 8.33. The molecule has 2 N–H and O–H groups in total. The molecule has 1 aliphatic heterocycles. The van der Waals surface area contributed by atoms with Gasteiger partial charge in [0.15, 0.2) is 5.17 Å². The summed E-state index contributed by atoms with van der Waals surface area (Å²) in [5, 5.41) is 0.497. The van der Waals surface area contributed by atoms with Gasteiger partial charge in [0.25, 0.3) is 0 Å². The summed E-state index contributed by atoms with van der Waals surface area (Å²) in [6, 6.07) is 9.88. The fraction of sp³-hybridized carbons (Fsp3) is 0.200. The van der Waals surface area contributed by atoms with Crippen LogP contribution in [0.2, 0.25) is 0 Å². The van der Waals surface area contributed by atoms with Gasteiger partial charge in [0.05, 0.1) is 0 Å². The second kappa shape index (κ2) is 3.84. The van der Waals surface area contributed by atoms with Gasteiger partial charge in [-0.3, -0.25) is 4.79 Å². The largest absolute Gasteiger partial charge is 0.378 e. The van der Waals surface area contributed by atoms with Crippen LogP contribution in [0.4, 0.5) is 0 Å². The average molecular weight is 206 g/mol. The van der Waals surface area contributed by atoms with Crippen LogP contribution < -0.4 is 5.73 Å². The molecule has 0 aromatic heterocycles. The number of amidine groups is 1. The lowest BCUT2D eigenvalue weighted by Gasteiger charge is -2.18. The van der Waals surface area contributed by atoms with Crippen LogP contribution in [0.25, 0.3) is 0 Å². The molecule has 0 radical (unpaired) electrons. The number of thioether (sulfide) groups is 1. The van der Waals surface area contributed by atoms with Crippen molar-refractivity contribution in [2.24, 2.45) is 10.7 Å². The zero-order valence-electron chi connectivity index (χ0n) is 7.51. The van der Waals surface area contributed by atoms with E-state index in [1.54, 1.807) is 0 Å². The number of nitrogens with zero attached hydrogens (tertiary/aromatic N) is 1. The van der Waals surface area contributed by atoms with Crippen LogP contribution >= 0.6 is 11.8 Å². The van der Waals surface area contributed by atoms with E-state index in [9.17, 15) is 4.79 Å². The number of hydrogen-bond acceptors (Lipinski definition) is 3. The molecular weight excluding hydrogens is 196 g/mol. The summed E-state index contributed by atoms with van der Waals surface area (Å²) in [4.78, 5) is 14.9. The van der Waals surface area contributed by atoms with Gasteiger partial charge in [-0.05, 0) is 5.56 Å². The third kappa shape index (κ3) is 1.96. The van der Waals surface area contributed by atoms with Gasteiger partial charge in [-0.15, -0.1) is 0 Å².